The van der Waals surface area contributed by atoms with Crippen molar-refractivity contribution in [3.05, 3.63) is 47.6 Å². The molecular weight excluding hydrogens is 232 g/mol. The van der Waals surface area contributed by atoms with E-state index in [2.05, 4.69) is 17.2 Å². The highest BCUT2D eigenvalue weighted by Gasteiger charge is 2.04. The summed E-state index contributed by atoms with van der Waals surface area (Å²) in [7, 11) is 0. The van der Waals surface area contributed by atoms with Crippen molar-refractivity contribution in [2.24, 2.45) is 0 Å². The lowest BCUT2D eigenvalue weighted by molar-refractivity contribution is 0.979. The maximum Gasteiger partial charge on any atom is 0.0737 e. The summed E-state index contributed by atoms with van der Waals surface area (Å²) >= 11 is 6.16. The fourth-order valence-electron chi connectivity index (χ4n) is 1.63. The van der Waals surface area contributed by atoms with Gasteiger partial charge in [0.15, 0.2) is 0 Å². The summed E-state index contributed by atoms with van der Waals surface area (Å²) in [6.07, 6.45) is 2.90. The van der Waals surface area contributed by atoms with Crippen LogP contribution in [0.15, 0.2) is 42.6 Å². The molecule has 0 saturated carbocycles. The van der Waals surface area contributed by atoms with Gasteiger partial charge in [0.25, 0.3) is 0 Å². The van der Waals surface area contributed by atoms with Gasteiger partial charge in [0.2, 0.25) is 0 Å². The second-order valence-corrected chi connectivity index (χ2v) is 4.24. The Morgan fingerprint density at radius 1 is 1.24 bits per heavy atom. The van der Waals surface area contributed by atoms with Crippen molar-refractivity contribution in [1.29, 1.82) is 0 Å². The second-order valence-electron chi connectivity index (χ2n) is 3.84. The predicted octanol–water partition coefficient (Wildman–Crippen LogP) is 4.22. The highest BCUT2D eigenvalue weighted by molar-refractivity contribution is 6.33. The van der Waals surface area contributed by atoms with Crippen molar-refractivity contribution < 1.29 is 0 Å². The first kappa shape index (κ1) is 11.9. The quantitative estimate of drug-likeness (QED) is 0.874. The molecule has 3 heteroatoms. The molecule has 0 saturated heterocycles. The zero-order chi connectivity index (χ0) is 12.1. The largest absolute Gasteiger partial charge is 0.385 e. The van der Waals surface area contributed by atoms with Gasteiger partial charge < -0.3 is 5.32 Å². The number of pyridine rings is 1. The minimum atomic E-state index is 0.729. The van der Waals surface area contributed by atoms with Crippen molar-refractivity contribution in [1.82, 2.24) is 4.98 Å². The number of nitrogens with one attached hydrogen (secondary N) is 1. The number of rotatable bonds is 4. The summed E-state index contributed by atoms with van der Waals surface area (Å²) < 4.78 is 0. The van der Waals surface area contributed by atoms with Crippen LogP contribution in [-0.4, -0.2) is 11.5 Å². The summed E-state index contributed by atoms with van der Waals surface area (Å²) in [6.45, 7) is 3.11. The lowest BCUT2D eigenvalue weighted by Crippen LogP contribution is -1.99. The minimum absolute atomic E-state index is 0.729. The number of anilines is 1. The van der Waals surface area contributed by atoms with Crippen LogP contribution in [0, 0.1) is 0 Å². The van der Waals surface area contributed by atoms with Gasteiger partial charge in [0.05, 0.1) is 5.69 Å². The van der Waals surface area contributed by atoms with Crippen LogP contribution in [0.25, 0.3) is 11.3 Å². The summed E-state index contributed by atoms with van der Waals surface area (Å²) in [5, 5.41) is 4.07. The third kappa shape index (κ3) is 2.98. The summed E-state index contributed by atoms with van der Waals surface area (Å²) in [5.74, 6) is 0. The topological polar surface area (TPSA) is 24.9 Å². The van der Waals surface area contributed by atoms with E-state index in [-0.39, 0.29) is 0 Å². The third-order valence-corrected chi connectivity index (χ3v) is 2.82. The number of hydrogen-bond acceptors (Lipinski definition) is 2. The van der Waals surface area contributed by atoms with E-state index in [1.165, 1.54) is 0 Å². The smallest absolute Gasteiger partial charge is 0.0737 e. The van der Waals surface area contributed by atoms with E-state index in [0.717, 1.165) is 34.9 Å². The molecule has 0 aliphatic heterocycles. The fraction of sp³-hybridized carbons (Fsp3) is 0.214. The van der Waals surface area contributed by atoms with Crippen LogP contribution in [0.1, 0.15) is 13.3 Å². The monoisotopic (exact) mass is 246 g/mol. The molecule has 2 nitrogen and oxygen atoms in total. The molecule has 0 bridgehead atoms. The average molecular weight is 247 g/mol. The number of benzene rings is 1. The SMILES string of the molecule is CCCNc1ccnc(-c2ccccc2Cl)c1. The van der Waals surface area contributed by atoms with Crippen LogP contribution >= 0.6 is 11.6 Å². The van der Waals surface area contributed by atoms with E-state index in [1.54, 1.807) is 6.20 Å². The van der Waals surface area contributed by atoms with Crippen molar-refractivity contribution in [2.45, 2.75) is 13.3 Å². The molecule has 0 atom stereocenters. The third-order valence-electron chi connectivity index (χ3n) is 2.49. The first-order chi connectivity index (χ1) is 8.31. The normalized spacial score (nSPS) is 10.2. The Bertz CT molecular complexity index is 497. The van der Waals surface area contributed by atoms with Gasteiger partial charge in [-0.25, -0.2) is 0 Å². The highest BCUT2D eigenvalue weighted by Crippen LogP contribution is 2.27. The van der Waals surface area contributed by atoms with Crippen molar-refractivity contribution in [3.63, 3.8) is 0 Å². The Balaban J connectivity index is 2.30. The Hall–Kier alpha value is -1.54. The maximum absolute atomic E-state index is 6.16. The molecule has 0 spiro atoms. The van der Waals surface area contributed by atoms with E-state index < -0.39 is 0 Å². The van der Waals surface area contributed by atoms with E-state index in [4.69, 9.17) is 11.6 Å². The number of aromatic nitrogens is 1. The van der Waals surface area contributed by atoms with E-state index in [0.29, 0.717) is 0 Å². The van der Waals surface area contributed by atoms with Crippen LogP contribution in [0.2, 0.25) is 5.02 Å². The second kappa shape index (κ2) is 5.69. The first-order valence-corrected chi connectivity index (χ1v) is 6.14. The lowest BCUT2D eigenvalue weighted by atomic mass is 10.1. The lowest BCUT2D eigenvalue weighted by Gasteiger charge is -2.07. The van der Waals surface area contributed by atoms with Gasteiger partial charge in [-0.15, -0.1) is 0 Å². The molecule has 1 heterocycles. The first-order valence-electron chi connectivity index (χ1n) is 5.76. The van der Waals surface area contributed by atoms with Crippen LogP contribution < -0.4 is 5.32 Å². The highest BCUT2D eigenvalue weighted by atomic mass is 35.5. The summed E-state index contributed by atoms with van der Waals surface area (Å²) in [4.78, 5) is 4.35. The Morgan fingerprint density at radius 2 is 2.06 bits per heavy atom. The average Bonchev–Trinajstić information content (AvgIpc) is 2.37. The van der Waals surface area contributed by atoms with Crippen molar-refractivity contribution >= 4 is 17.3 Å². The van der Waals surface area contributed by atoms with Crippen molar-refractivity contribution in [2.75, 3.05) is 11.9 Å². The van der Waals surface area contributed by atoms with E-state index in [1.807, 2.05) is 36.4 Å². The molecule has 17 heavy (non-hydrogen) atoms. The van der Waals surface area contributed by atoms with Crippen LogP contribution in [0.4, 0.5) is 5.69 Å². The molecular formula is C14H15ClN2. The number of nitrogens with zero attached hydrogens (tertiary/aromatic N) is 1. The molecule has 0 aliphatic carbocycles. The van der Waals surface area contributed by atoms with Gasteiger partial charge in [-0.05, 0) is 24.6 Å². The predicted molar refractivity (Wildman–Crippen MR) is 73.5 cm³/mol. The molecule has 0 aliphatic rings. The maximum atomic E-state index is 6.16. The molecule has 1 aromatic carbocycles. The standard InChI is InChI=1S/C14H15ClN2/c1-2-8-16-11-7-9-17-14(10-11)12-5-3-4-6-13(12)15/h3-7,9-10H,2,8H2,1H3,(H,16,17). The van der Waals surface area contributed by atoms with Crippen molar-refractivity contribution in [3.8, 4) is 11.3 Å². The van der Waals surface area contributed by atoms with E-state index in [9.17, 15) is 0 Å². The summed E-state index contributed by atoms with van der Waals surface area (Å²) in [6, 6.07) is 11.7. The van der Waals surface area contributed by atoms with Gasteiger partial charge >= 0.3 is 0 Å². The van der Waals surface area contributed by atoms with Gasteiger partial charge in [-0.2, -0.15) is 0 Å². The fourth-order valence-corrected chi connectivity index (χ4v) is 1.86. The molecule has 1 aromatic heterocycles. The Kier molecular flexibility index (Phi) is 3.99. The van der Waals surface area contributed by atoms with Crippen LogP contribution in [-0.2, 0) is 0 Å². The van der Waals surface area contributed by atoms with Gasteiger partial charge in [0.1, 0.15) is 0 Å². The zero-order valence-electron chi connectivity index (χ0n) is 9.78. The molecule has 2 rings (SSSR count). The van der Waals surface area contributed by atoms with Gasteiger partial charge in [-0.3, -0.25) is 4.98 Å². The Labute approximate surface area is 107 Å². The van der Waals surface area contributed by atoms with E-state index >= 15 is 0 Å². The van der Waals surface area contributed by atoms with Crippen LogP contribution in [0.5, 0.6) is 0 Å². The van der Waals surface area contributed by atoms with Crippen LogP contribution in [0.3, 0.4) is 0 Å². The van der Waals surface area contributed by atoms with Gasteiger partial charge in [-0.1, -0.05) is 36.7 Å². The number of halogens is 1. The molecule has 0 unspecified atom stereocenters. The zero-order valence-corrected chi connectivity index (χ0v) is 10.5. The summed E-state index contributed by atoms with van der Waals surface area (Å²) in [5.41, 5.74) is 2.95. The molecule has 2 aromatic rings. The molecule has 0 amide bonds. The molecule has 0 fully saturated rings. The molecule has 88 valence electrons. The number of hydrogen-bond donors (Lipinski definition) is 1. The Morgan fingerprint density at radius 3 is 2.82 bits per heavy atom. The molecule has 1 N–H and O–H groups in total. The molecule has 0 radical (unpaired) electrons. The minimum Gasteiger partial charge on any atom is -0.385 e. The van der Waals surface area contributed by atoms with Gasteiger partial charge in [0, 0.05) is 29.0 Å².